The number of Topliss-reactive ketones (excluding diaryl/α,β-unsaturated/α-hetero) is 1. The number of hydrogen-bond acceptors (Lipinski definition) is 10. The van der Waals surface area contributed by atoms with E-state index >= 15 is 0 Å². The molecule has 10 nitrogen and oxygen atoms in total. The van der Waals surface area contributed by atoms with Gasteiger partial charge in [-0.1, -0.05) is 30.2 Å². The molecule has 2 heterocycles. The molecule has 5 rings (SSSR count). The molecule has 2 saturated heterocycles. The van der Waals surface area contributed by atoms with Gasteiger partial charge in [-0.05, 0) is 55.5 Å². The summed E-state index contributed by atoms with van der Waals surface area (Å²) in [5, 5.41) is 77.0. The number of fused-ring (bicyclic) bond motifs is 1. The molecule has 4 atom stereocenters. The largest absolute Gasteiger partial charge is 0.456 e. The second-order valence-corrected chi connectivity index (χ2v) is 10.3. The zero-order valence-corrected chi connectivity index (χ0v) is 19.5. The highest BCUT2D eigenvalue weighted by Crippen LogP contribution is 2.54. The first-order valence-electron chi connectivity index (χ1n) is 11.5. The normalized spacial score (nSPS) is 36.5. The lowest BCUT2D eigenvalue weighted by atomic mass is 9.67. The minimum absolute atomic E-state index is 0.132. The standard InChI is InChI=1S/C24H28ClNO9/c25-15-6-4-13(5-7-15)17-12-16(27)10-11-26(17)18-8-9-19-21(29,22(18,30)31)20(28)23(32,33)24(34,35-19)14-2-1-3-14/h4-9,14,16-17,27,29-34H,1-3,10-12H2. The van der Waals surface area contributed by atoms with Gasteiger partial charge < -0.3 is 45.4 Å². The van der Waals surface area contributed by atoms with Crippen molar-refractivity contribution < 1.29 is 45.3 Å². The molecule has 4 unspecified atom stereocenters. The van der Waals surface area contributed by atoms with Crippen LogP contribution in [0.3, 0.4) is 0 Å². The van der Waals surface area contributed by atoms with E-state index in [2.05, 4.69) is 0 Å². The predicted octanol–water partition coefficient (Wildman–Crippen LogP) is -0.200. The van der Waals surface area contributed by atoms with E-state index in [1.54, 1.807) is 24.3 Å². The Morgan fingerprint density at radius 1 is 0.943 bits per heavy atom. The van der Waals surface area contributed by atoms with Gasteiger partial charge in [0.25, 0.3) is 11.6 Å². The molecule has 0 bridgehead atoms. The Balaban J connectivity index is 1.59. The molecule has 190 valence electrons. The molecular formula is C24H28ClNO9. The van der Waals surface area contributed by atoms with Crippen LogP contribution in [0.15, 0.2) is 47.9 Å². The number of piperidine rings is 1. The maximum absolute atomic E-state index is 13.3. The van der Waals surface area contributed by atoms with E-state index in [9.17, 15) is 40.5 Å². The summed E-state index contributed by atoms with van der Waals surface area (Å²) < 4.78 is 5.39. The summed E-state index contributed by atoms with van der Waals surface area (Å²) in [6.45, 7) is 0.132. The number of nitrogens with zero attached hydrogens (tertiary/aromatic N) is 1. The van der Waals surface area contributed by atoms with Gasteiger partial charge in [0.1, 0.15) is 5.76 Å². The number of carbonyl (C=O) groups excluding carboxylic acids is 1. The Kier molecular flexibility index (Phi) is 5.63. The molecule has 0 radical (unpaired) electrons. The highest BCUT2D eigenvalue weighted by Gasteiger charge is 2.77. The number of ketones is 1. The number of carbonyl (C=O) groups is 1. The van der Waals surface area contributed by atoms with Gasteiger partial charge in [-0.15, -0.1) is 0 Å². The van der Waals surface area contributed by atoms with Crippen molar-refractivity contribution in [2.75, 3.05) is 6.54 Å². The van der Waals surface area contributed by atoms with E-state index in [4.69, 9.17) is 16.3 Å². The summed E-state index contributed by atoms with van der Waals surface area (Å²) in [6.07, 6.45) is 3.51. The second-order valence-electron chi connectivity index (χ2n) is 9.83. The van der Waals surface area contributed by atoms with Crippen molar-refractivity contribution in [2.24, 2.45) is 5.92 Å². The minimum Gasteiger partial charge on any atom is -0.456 e. The first kappa shape index (κ1) is 24.7. The third-order valence-electron chi connectivity index (χ3n) is 7.82. The maximum Gasteiger partial charge on any atom is 0.295 e. The number of ether oxygens (including phenoxy) is 1. The summed E-state index contributed by atoms with van der Waals surface area (Å²) in [6, 6.07) is 6.14. The van der Waals surface area contributed by atoms with Gasteiger partial charge >= 0.3 is 0 Å². The molecule has 1 aromatic carbocycles. The molecule has 0 spiro atoms. The summed E-state index contributed by atoms with van der Waals surface area (Å²) in [4.78, 5) is 14.8. The van der Waals surface area contributed by atoms with Crippen LogP contribution < -0.4 is 0 Å². The van der Waals surface area contributed by atoms with Gasteiger partial charge in [0.2, 0.25) is 17.2 Å². The average molecular weight is 510 g/mol. The molecule has 2 aliphatic carbocycles. The zero-order chi connectivity index (χ0) is 25.4. The van der Waals surface area contributed by atoms with Gasteiger partial charge in [0.05, 0.1) is 17.8 Å². The minimum atomic E-state index is -3.61. The van der Waals surface area contributed by atoms with Crippen molar-refractivity contribution >= 4 is 17.4 Å². The number of rotatable bonds is 3. The van der Waals surface area contributed by atoms with Crippen LogP contribution in [0.4, 0.5) is 0 Å². The zero-order valence-electron chi connectivity index (χ0n) is 18.7. The number of likely N-dealkylation sites (tertiary alicyclic amines) is 1. The molecule has 7 N–H and O–H groups in total. The summed E-state index contributed by atoms with van der Waals surface area (Å²) in [5.74, 6) is -13.1. The van der Waals surface area contributed by atoms with Crippen molar-refractivity contribution in [1.29, 1.82) is 0 Å². The highest BCUT2D eigenvalue weighted by atomic mass is 35.5. The van der Waals surface area contributed by atoms with Crippen LogP contribution in [-0.4, -0.2) is 82.0 Å². The molecule has 0 amide bonds. The van der Waals surface area contributed by atoms with Gasteiger partial charge in [0, 0.05) is 17.5 Å². The van der Waals surface area contributed by atoms with Crippen LogP contribution in [-0.2, 0) is 9.53 Å². The lowest BCUT2D eigenvalue weighted by Crippen LogP contribution is -2.80. The molecular weight excluding hydrogens is 482 g/mol. The van der Waals surface area contributed by atoms with Gasteiger partial charge in [-0.2, -0.15) is 0 Å². The van der Waals surface area contributed by atoms with Crippen molar-refractivity contribution in [3.8, 4) is 0 Å². The smallest absolute Gasteiger partial charge is 0.295 e. The van der Waals surface area contributed by atoms with Crippen molar-refractivity contribution in [3.05, 3.63) is 58.5 Å². The lowest BCUT2D eigenvalue weighted by molar-refractivity contribution is -0.402. The number of benzene rings is 1. The number of hydrogen-bond donors (Lipinski definition) is 7. The third-order valence-corrected chi connectivity index (χ3v) is 8.07. The van der Waals surface area contributed by atoms with Gasteiger partial charge in [-0.25, -0.2) is 0 Å². The first-order chi connectivity index (χ1) is 16.3. The van der Waals surface area contributed by atoms with Crippen LogP contribution in [0.2, 0.25) is 5.02 Å². The van der Waals surface area contributed by atoms with Crippen LogP contribution in [0, 0.1) is 5.92 Å². The van der Waals surface area contributed by atoms with Crippen LogP contribution in [0.5, 0.6) is 0 Å². The van der Waals surface area contributed by atoms with E-state index in [-0.39, 0.29) is 25.1 Å². The highest BCUT2D eigenvalue weighted by molar-refractivity contribution is 6.30. The van der Waals surface area contributed by atoms with Crippen molar-refractivity contribution in [2.45, 2.75) is 67.2 Å². The predicted molar refractivity (Wildman–Crippen MR) is 120 cm³/mol. The Labute approximate surface area is 205 Å². The van der Waals surface area contributed by atoms with E-state index in [0.717, 1.165) is 6.08 Å². The Bertz CT molecular complexity index is 1100. The van der Waals surface area contributed by atoms with Crippen LogP contribution in [0.1, 0.15) is 43.7 Å². The fourth-order valence-electron chi connectivity index (χ4n) is 5.48. The Morgan fingerprint density at radius 2 is 1.60 bits per heavy atom. The number of allylic oxidation sites excluding steroid dienone is 2. The summed E-state index contributed by atoms with van der Waals surface area (Å²) in [5.41, 5.74) is -2.94. The Hall–Kier alpha value is -2.02. The summed E-state index contributed by atoms with van der Waals surface area (Å²) >= 11 is 5.99. The number of aliphatic hydroxyl groups is 7. The number of halogens is 1. The molecule has 1 aromatic rings. The van der Waals surface area contributed by atoms with E-state index in [1.807, 2.05) is 0 Å². The van der Waals surface area contributed by atoms with Gasteiger partial charge in [-0.3, -0.25) is 4.79 Å². The van der Waals surface area contributed by atoms with Crippen LogP contribution >= 0.6 is 11.6 Å². The average Bonchev–Trinajstić information content (AvgIpc) is 2.75. The maximum atomic E-state index is 13.3. The topological polar surface area (TPSA) is 171 Å². The second kappa shape index (κ2) is 7.99. The van der Waals surface area contributed by atoms with E-state index in [0.29, 0.717) is 29.8 Å². The Morgan fingerprint density at radius 3 is 2.20 bits per heavy atom. The van der Waals surface area contributed by atoms with Crippen molar-refractivity contribution in [1.82, 2.24) is 4.90 Å². The fraction of sp³-hybridized carbons (Fsp3) is 0.542. The molecule has 4 aliphatic rings. The molecule has 35 heavy (non-hydrogen) atoms. The van der Waals surface area contributed by atoms with Crippen LogP contribution in [0.25, 0.3) is 0 Å². The lowest BCUT2D eigenvalue weighted by Gasteiger charge is -2.57. The molecule has 3 fully saturated rings. The van der Waals surface area contributed by atoms with Gasteiger partial charge in [0.15, 0.2) is 0 Å². The first-order valence-corrected chi connectivity index (χ1v) is 11.9. The monoisotopic (exact) mass is 509 g/mol. The van der Waals surface area contributed by atoms with E-state index in [1.165, 1.54) is 11.0 Å². The van der Waals surface area contributed by atoms with Crippen molar-refractivity contribution in [3.63, 3.8) is 0 Å². The SMILES string of the molecule is O=C1C(O)(O)C(O)(C2CCC2)OC2=CC=C(N3CCC(O)CC3c3ccc(Cl)cc3)C(O)(O)C12O. The molecule has 2 aliphatic heterocycles. The third kappa shape index (κ3) is 3.32. The quantitative estimate of drug-likeness (QED) is 0.271. The summed E-state index contributed by atoms with van der Waals surface area (Å²) in [7, 11) is 0. The molecule has 11 heteroatoms. The molecule has 0 aromatic heterocycles. The fourth-order valence-corrected chi connectivity index (χ4v) is 5.61. The molecule has 1 saturated carbocycles. The van der Waals surface area contributed by atoms with E-state index < -0.39 is 52.6 Å². The number of aliphatic hydroxyl groups excluding tert-OH is 1.